The summed E-state index contributed by atoms with van der Waals surface area (Å²) in [5.41, 5.74) is -0.00492. The molecule has 4 atom stereocenters. The van der Waals surface area contributed by atoms with Gasteiger partial charge in [0, 0.05) is 13.0 Å². The molecular weight excluding hydrogens is 522 g/mol. The van der Waals surface area contributed by atoms with E-state index in [2.05, 4.69) is 18.7 Å². The molecular formula is C33H57NO7. The van der Waals surface area contributed by atoms with Crippen molar-refractivity contribution in [3.63, 3.8) is 0 Å². The van der Waals surface area contributed by atoms with Crippen LogP contribution in [0.3, 0.4) is 0 Å². The van der Waals surface area contributed by atoms with Crippen molar-refractivity contribution < 1.29 is 33.3 Å². The minimum Gasteiger partial charge on any atom is -0.465 e. The molecule has 0 radical (unpaired) electrons. The van der Waals surface area contributed by atoms with E-state index in [1.807, 2.05) is 0 Å². The van der Waals surface area contributed by atoms with Crippen LogP contribution in [0.5, 0.6) is 0 Å². The third kappa shape index (κ3) is 13.8. The Kier molecular flexibility index (Phi) is 15.3. The molecule has 3 fully saturated rings. The van der Waals surface area contributed by atoms with E-state index in [1.54, 1.807) is 0 Å². The summed E-state index contributed by atoms with van der Waals surface area (Å²) < 4.78 is 21.7. The van der Waals surface area contributed by atoms with E-state index in [1.165, 1.54) is 57.8 Å². The van der Waals surface area contributed by atoms with Gasteiger partial charge in [-0.1, -0.05) is 65.2 Å². The maximum absolute atomic E-state index is 12.8. The molecule has 0 amide bonds. The molecule has 236 valence electrons. The molecule has 2 saturated carbocycles. The molecule has 2 aliphatic carbocycles. The summed E-state index contributed by atoms with van der Waals surface area (Å²) in [5.74, 6) is 0.571. The highest BCUT2D eigenvalue weighted by Gasteiger charge is 2.42. The Bertz CT molecular complexity index is 770. The first-order chi connectivity index (χ1) is 19.8. The van der Waals surface area contributed by atoms with Gasteiger partial charge in [0.05, 0.1) is 18.9 Å². The van der Waals surface area contributed by atoms with Gasteiger partial charge in [-0.05, 0) is 75.3 Å². The Morgan fingerprint density at radius 2 is 1.39 bits per heavy atom. The maximum Gasteiger partial charge on any atom is 0.508 e. The molecule has 3 aliphatic rings. The zero-order valence-electron chi connectivity index (χ0n) is 26.0. The summed E-state index contributed by atoms with van der Waals surface area (Å²) >= 11 is 0. The van der Waals surface area contributed by atoms with E-state index in [-0.39, 0.29) is 37.2 Å². The van der Waals surface area contributed by atoms with Crippen LogP contribution in [0.1, 0.15) is 123 Å². The number of fused-ring (bicyclic) bond motifs is 2. The molecule has 1 aliphatic heterocycles. The van der Waals surface area contributed by atoms with Crippen LogP contribution in [-0.4, -0.2) is 69.1 Å². The Morgan fingerprint density at radius 1 is 0.780 bits per heavy atom. The highest BCUT2D eigenvalue weighted by atomic mass is 16.7. The van der Waals surface area contributed by atoms with E-state index >= 15 is 0 Å². The van der Waals surface area contributed by atoms with E-state index in [0.29, 0.717) is 19.4 Å². The van der Waals surface area contributed by atoms with Crippen LogP contribution in [0.4, 0.5) is 4.79 Å². The summed E-state index contributed by atoms with van der Waals surface area (Å²) in [7, 11) is 0. The largest absolute Gasteiger partial charge is 0.508 e. The van der Waals surface area contributed by atoms with Gasteiger partial charge in [-0.3, -0.25) is 9.59 Å². The molecule has 41 heavy (non-hydrogen) atoms. The summed E-state index contributed by atoms with van der Waals surface area (Å²) in [4.78, 5) is 39.7. The monoisotopic (exact) mass is 579 g/mol. The molecule has 0 aromatic carbocycles. The van der Waals surface area contributed by atoms with Crippen molar-refractivity contribution in [2.45, 2.75) is 123 Å². The van der Waals surface area contributed by atoms with E-state index in [9.17, 15) is 14.4 Å². The molecule has 0 aromatic heterocycles. The topological polar surface area (TPSA) is 91.4 Å². The molecule has 1 saturated heterocycles. The van der Waals surface area contributed by atoms with E-state index in [4.69, 9.17) is 18.9 Å². The molecule has 0 aromatic rings. The van der Waals surface area contributed by atoms with Crippen LogP contribution in [0.25, 0.3) is 0 Å². The first kappa shape index (κ1) is 33.7. The lowest BCUT2D eigenvalue weighted by molar-refractivity contribution is -0.152. The van der Waals surface area contributed by atoms with Crippen molar-refractivity contribution >= 4 is 18.1 Å². The van der Waals surface area contributed by atoms with Gasteiger partial charge in [-0.15, -0.1) is 0 Å². The van der Waals surface area contributed by atoms with Crippen molar-refractivity contribution in [3.05, 3.63) is 0 Å². The van der Waals surface area contributed by atoms with E-state index in [0.717, 1.165) is 70.0 Å². The average Bonchev–Trinajstić information content (AvgIpc) is 3.59. The van der Waals surface area contributed by atoms with Crippen molar-refractivity contribution in [2.24, 2.45) is 23.2 Å². The van der Waals surface area contributed by atoms with Gasteiger partial charge in [0.25, 0.3) is 0 Å². The van der Waals surface area contributed by atoms with Gasteiger partial charge in [-0.2, -0.15) is 0 Å². The van der Waals surface area contributed by atoms with Crippen LogP contribution in [-0.2, 0) is 28.5 Å². The number of hydrogen-bond donors (Lipinski definition) is 0. The second kappa shape index (κ2) is 18.7. The number of rotatable bonds is 20. The average molecular weight is 580 g/mol. The normalized spacial score (nSPS) is 24.6. The van der Waals surface area contributed by atoms with Crippen molar-refractivity contribution in [2.75, 3.05) is 46.1 Å². The predicted molar refractivity (Wildman–Crippen MR) is 158 cm³/mol. The maximum atomic E-state index is 12.8. The lowest BCUT2D eigenvalue weighted by atomic mass is 9.68. The number of unbranched alkanes of at least 4 members (excludes halogenated alkanes) is 6. The predicted octanol–water partition coefficient (Wildman–Crippen LogP) is 7.08. The minimum atomic E-state index is -0.734. The van der Waals surface area contributed by atoms with Crippen LogP contribution < -0.4 is 0 Å². The standard InChI is InChI=1S/C33H57NO7/c1-3-4-5-6-7-8-9-13-30(35)39-24-29(26-41-32(37)38-19-12-18-34-16-10-11-17-34)25-40-31(36)23-33(2)21-27-14-15-28(20-27)22-33/h27-29H,3-26H2,1-2H3/t27-,28+,29?,33?. The molecule has 0 spiro atoms. The molecule has 1 heterocycles. The number of nitrogens with zero attached hydrogens (tertiary/aromatic N) is 1. The van der Waals surface area contributed by atoms with Crippen LogP contribution in [0.15, 0.2) is 0 Å². The summed E-state index contributed by atoms with van der Waals surface area (Å²) in [6.07, 6.45) is 17.3. The van der Waals surface area contributed by atoms with Crippen molar-refractivity contribution in [3.8, 4) is 0 Å². The molecule has 0 N–H and O–H groups in total. The Hall–Kier alpha value is -1.83. The van der Waals surface area contributed by atoms with Gasteiger partial charge in [0.2, 0.25) is 0 Å². The van der Waals surface area contributed by atoms with Crippen LogP contribution >= 0.6 is 0 Å². The Labute approximate surface area is 248 Å². The smallest absolute Gasteiger partial charge is 0.465 e. The first-order valence-corrected chi connectivity index (χ1v) is 16.7. The van der Waals surface area contributed by atoms with Gasteiger partial charge in [-0.25, -0.2) is 4.79 Å². The molecule has 8 nitrogen and oxygen atoms in total. The second-order valence-corrected chi connectivity index (χ2v) is 13.4. The molecule has 3 rings (SSSR count). The molecule has 8 heteroatoms. The van der Waals surface area contributed by atoms with Gasteiger partial charge in [0.15, 0.2) is 0 Å². The minimum absolute atomic E-state index is 0.00492. The van der Waals surface area contributed by atoms with Gasteiger partial charge in [0.1, 0.15) is 19.8 Å². The third-order valence-corrected chi connectivity index (χ3v) is 9.20. The van der Waals surface area contributed by atoms with Gasteiger partial charge >= 0.3 is 18.1 Å². The van der Waals surface area contributed by atoms with Crippen LogP contribution in [0, 0.1) is 23.2 Å². The number of carbonyl (C=O) groups excluding carboxylic acids is 3. The van der Waals surface area contributed by atoms with E-state index < -0.39 is 12.1 Å². The summed E-state index contributed by atoms with van der Waals surface area (Å²) in [6, 6.07) is 0. The summed E-state index contributed by atoms with van der Waals surface area (Å²) in [6.45, 7) is 7.94. The van der Waals surface area contributed by atoms with Crippen molar-refractivity contribution in [1.29, 1.82) is 0 Å². The SMILES string of the molecule is CCCCCCCCCC(=O)OCC(COC(=O)CC1(C)C[C@@H]2CC[C@@H](C2)C1)COC(=O)OCCCN1CCCC1. The number of hydrogen-bond acceptors (Lipinski definition) is 8. The number of esters is 2. The highest BCUT2D eigenvalue weighted by Crippen LogP contribution is 2.52. The number of ether oxygens (including phenoxy) is 4. The lowest BCUT2D eigenvalue weighted by Gasteiger charge is -2.37. The summed E-state index contributed by atoms with van der Waals surface area (Å²) in [5, 5.41) is 0. The Morgan fingerprint density at radius 3 is 2.07 bits per heavy atom. The second-order valence-electron chi connectivity index (χ2n) is 13.4. The number of carbonyl (C=O) groups is 3. The fraction of sp³-hybridized carbons (Fsp3) is 0.909. The lowest BCUT2D eigenvalue weighted by Crippen LogP contribution is -2.31. The Balaban J connectivity index is 1.36. The first-order valence-electron chi connectivity index (χ1n) is 16.7. The zero-order valence-corrected chi connectivity index (χ0v) is 26.0. The fourth-order valence-electron chi connectivity index (χ4n) is 7.11. The fourth-order valence-corrected chi connectivity index (χ4v) is 7.11. The zero-order chi connectivity index (χ0) is 29.3. The third-order valence-electron chi connectivity index (χ3n) is 9.20. The molecule has 2 bridgehead atoms. The highest BCUT2D eigenvalue weighted by molar-refractivity contribution is 5.70. The molecule has 2 unspecified atom stereocenters. The quantitative estimate of drug-likeness (QED) is 0.0859. The van der Waals surface area contributed by atoms with Crippen LogP contribution in [0.2, 0.25) is 0 Å². The van der Waals surface area contributed by atoms with Gasteiger partial charge < -0.3 is 23.8 Å². The van der Waals surface area contributed by atoms with Crippen molar-refractivity contribution in [1.82, 2.24) is 4.90 Å². The number of likely N-dealkylation sites (tertiary alicyclic amines) is 1.